The van der Waals surface area contributed by atoms with Crippen LogP contribution in [0.5, 0.6) is 0 Å². The van der Waals surface area contributed by atoms with Gasteiger partial charge in [-0.15, -0.1) is 0 Å². The van der Waals surface area contributed by atoms with Gasteiger partial charge in [-0.05, 0) is 106 Å². The quantitative estimate of drug-likeness (QED) is 0.159. The Labute approximate surface area is 315 Å². The third kappa shape index (κ3) is 5.55. The first kappa shape index (κ1) is 31.6. The zero-order chi connectivity index (χ0) is 35.8. The van der Waals surface area contributed by atoms with E-state index in [4.69, 9.17) is 0 Å². The maximum atomic E-state index is 4.61. The number of benzene rings is 9. The fourth-order valence-corrected chi connectivity index (χ4v) is 8.24. The molecule has 0 aliphatic heterocycles. The zero-order valence-corrected chi connectivity index (χ0v) is 29.7. The summed E-state index contributed by atoms with van der Waals surface area (Å²) in [7, 11) is 0. The summed E-state index contributed by atoms with van der Waals surface area (Å²) in [4.78, 5) is 4.61. The summed E-state index contributed by atoms with van der Waals surface area (Å²) in [5, 5.41) is 7.31. The van der Waals surface area contributed by atoms with Crippen molar-refractivity contribution in [1.29, 1.82) is 0 Å². The Hall–Kier alpha value is -7.09. The summed E-state index contributed by atoms with van der Waals surface area (Å²) in [6.45, 7) is 0. The van der Waals surface area contributed by atoms with Gasteiger partial charge in [-0.3, -0.25) is 4.98 Å². The molecule has 10 rings (SSSR count). The molecule has 0 saturated heterocycles. The molecule has 0 N–H and O–H groups in total. The van der Waals surface area contributed by atoms with Gasteiger partial charge in [-0.2, -0.15) is 0 Å². The van der Waals surface area contributed by atoms with Crippen LogP contribution in [0.4, 0.5) is 0 Å². The van der Waals surface area contributed by atoms with E-state index >= 15 is 0 Å². The molecule has 0 radical (unpaired) electrons. The number of nitrogens with zero attached hydrogens (tertiary/aromatic N) is 1. The van der Waals surface area contributed by atoms with Crippen LogP contribution in [0.15, 0.2) is 213 Å². The van der Waals surface area contributed by atoms with E-state index in [2.05, 4.69) is 205 Å². The standard InChI is InChI=1S/C53H35N/c1-3-15-36(16-4-1)38-29-30-45(50(33-38)37-17-5-2-6-18-37)39-20-13-22-41(31-39)52-46-25-9-11-27-48(46)53(49-28-12-10-26-47(49)52)42-23-14-21-40(32-42)51-35-54-34-43-19-7-8-24-44(43)51/h1-35H. The lowest BCUT2D eigenvalue weighted by Gasteiger charge is -2.19. The monoisotopic (exact) mass is 685 g/mol. The number of hydrogen-bond acceptors (Lipinski definition) is 1. The van der Waals surface area contributed by atoms with Gasteiger partial charge in [-0.25, -0.2) is 0 Å². The summed E-state index contributed by atoms with van der Waals surface area (Å²) < 4.78 is 0. The summed E-state index contributed by atoms with van der Waals surface area (Å²) in [6.07, 6.45) is 3.94. The SMILES string of the molecule is c1ccc(-c2ccc(-c3cccc(-c4c5ccccc5c(-c5cccc(-c6cncc7ccccc67)c5)c5ccccc45)c3)c(-c3ccccc3)c2)cc1. The second kappa shape index (κ2) is 13.5. The van der Waals surface area contributed by atoms with Crippen LogP contribution >= 0.6 is 0 Å². The van der Waals surface area contributed by atoms with Crippen LogP contribution < -0.4 is 0 Å². The molecular formula is C53H35N. The van der Waals surface area contributed by atoms with E-state index in [1.165, 1.54) is 82.6 Å². The minimum absolute atomic E-state index is 1.14. The molecule has 9 aromatic carbocycles. The molecule has 0 amide bonds. The number of rotatable bonds is 6. The summed E-state index contributed by atoms with van der Waals surface area (Å²) in [5.41, 5.74) is 14.5. The molecular weight excluding hydrogens is 651 g/mol. The van der Waals surface area contributed by atoms with Gasteiger partial charge in [0.25, 0.3) is 0 Å². The van der Waals surface area contributed by atoms with E-state index in [0.717, 1.165) is 16.5 Å². The van der Waals surface area contributed by atoms with Gasteiger partial charge in [0.05, 0.1) is 0 Å². The molecule has 10 aromatic rings. The molecule has 54 heavy (non-hydrogen) atoms. The summed E-state index contributed by atoms with van der Waals surface area (Å²) >= 11 is 0. The molecule has 0 fully saturated rings. The van der Waals surface area contributed by atoms with Crippen molar-refractivity contribution >= 4 is 32.3 Å². The molecule has 0 saturated carbocycles. The van der Waals surface area contributed by atoms with Crippen LogP contribution in [-0.4, -0.2) is 4.98 Å². The highest BCUT2D eigenvalue weighted by atomic mass is 14.6. The predicted octanol–water partition coefficient (Wildman–Crippen LogP) is 14.5. The highest BCUT2D eigenvalue weighted by molar-refractivity contribution is 6.21. The van der Waals surface area contributed by atoms with Crippen molar-refractivity contribution in [2.24, 2.45) is 0 Å². The molecule has 0 aliphatic carbocycles. The fourth-order valence-electron chi connectivity index (χ4n) is 8.24. The van der Waals surface area contributed by atoms with E-state index in [0.29, 0.717) is 0 Å². The minimum atomic E-state index is 1.14. The third-order valence-electron chi connectivity index (χ3n) is 10.7. The molecule has 1 heterocycles. The van der Waals surface area contributed by atoms with Crippen molar-refractivity contribution in [3.05, 3.63) is 213 Å². The Balaban J connectivity index is 1.16. The van der Waals surface area contributed by atoms with Crippen LogP contribution in [0.25, 0.3) is 99.1 Å². The Kier molecular flexibility index (Phi) is 7.89. The molecule has 0 spiro atoms. The predicted molar refractivity (Wildman–Crippen MR) is 229 cm³/mol. The van der Waals surface area contributed by atoms with E-state index in [1.54, 1.807) is 0 Å². The van der Waals surface area contributed by atoms with Gasteiger partial charge in [0.1, 0.15) is 0 Å². The van der Waals surface area contributed by atoms with Crippen LogP contribution in [-0.2, 0) is 0 Å². The molecule has 1 nitrogen and oxygen atoms in total. The highest BCUT2D eigenvalue weighted by Gasteiger charge is 2.18. The van der Waals surface area contributed by atoms with Gasteiger partial charge in [-0.1, -0.05) is 182 Å². The second-order valence-electron chi connectivity index (χ2n) is 13.9. The van der Waals surface area contributed by atoms with Gasteiger partial charge >= 0.3 is 0 Å². The maximum absolute atomic E-state index is 4.61. The number of aromatic nitrogens is 1. The fraction of sp³-hybridized carbons (Fsp3) is 0. The van der Waals surface area contributed by atoms with E-state index < -0.39 is 0 Å². The van der Waals surface area contributed by atoms with Crippen LogP contribution in [0.3, 0.4) is 0 Å². The molecule has 0 unspecified atom stereocenters. The first-order valence-electron chi connectivity index (χ1n) is 18.5. The summed E-state index contributed by atoms with van der Waals surface area (Å²) in [5.74, 6) is 0. The Bertz CT molecular complexity index is 2920. The lowest BCUT2D eigenvalue weighted by molar-refractivity contribution is 1.36. The number of fused-ring (bicyclic) bond motifs is 3. The van der Waals surface area contributed by atoms with Gasteiger partial charge in [0.2, 0.25) is 0 Å². The van der Waals surface area contributed by atoms with E-state index in [9.17, 15) is 0 Å². The highest BCUT2D eigenvalue weighted by Crippen LogP contribution is 2.45. The minimum Gasteiger partial charge on any atom is -0.263 e. The van der Waals surface area contributed by atoms with Crippen molar-refractivity contribution in [3.63, 3.8) is 0 Å². The molecule has 1 aromatic heterocycles. The van der Waals surface area contributed by atoms with Crippen molar-refractivity contribution in [2.45, 2.75) is 0 Å². The van der Waals surface area contributed by atoms with Crippen molar-refractivity contribution in [1.82, 2.24) is 4.98 Å². The van der Waals surface area contributed by atoms with Gasteiger partial charge < -0.3 is 0 Å². The van der Waals surface area contributed by atoms with Crippen LogP contribution in [0.2, 0.25) is 0 Å². The van der Waals surface area contributed by atoms with Crippen LogP contribution in [0.1, 0.15) is 0 Å². The topological polar surface area (TPSA) is 12.9 Å². The first-order chi connectivity index (χ1) is 26.8. The number of hydrogen-bond donors (Lipinski definition) is 0. The maximum Gasteiger partial charge on any atom is 0.0352 e. The Morgan fingerprint density at radius 2 is 0.704 bits per heavy atom. The lowest BCUT2D eigenvalue weighted by Crippen LogP contribution is -1.92. The van der Waals surface area contributed by atoms with Crippen molar-refractivity contribution in [3.8, 4) is 66.8 Å². The largest absolute Gasteiger partial charge is 0.263 e. The third-order valence-corrected chi connectivity index (χ3v) is 10.7. The lowest BCUT2D eigenvalue weighted by atomic mass is 9.84. The Morgan fingerprint density at radius 1 is 0.241 bits per heavy atom. The number of pyridine rings is 1. The van der Waals surface area contributed by atoms with Gasteiger partial charge in [0.15, 0.2) is 0 Å². The average molecular weight is 686 g/mol. The Morgan fingerprint density at radius 3 is 1.30 bits per heavy atom. The normalized spacial score (nSPS) is 11.3. The average Bonchev–Trinajstić information content (AvgIpc) is 3.26. The zero-order valence-electron chi connectivity index (χ0n) is 29.7. The molecule has 0 bridgehead atoms. The van der Waals surface area contributed by atoms with Gasteiger partial charge in [0, 0.05) is 23.3 Å². The smallest absolute Gasteiger partial charge is 0.0352 e. The molecule has 252 valence electrons. The molecule has 0 atom stereocenters. The molecule has 0 aliphatic rings. The van der Waals surface area contributed by atoms with Crippen LogP contribution in [0, 0.1) is 0 Å². The van der Waals surface area contributed by atoms with E-state index in [1.807, 2.05) is 12.4 Å². The van der Waals surface area contributed by atoms with Crippen molar-refractivity contribution in [2.75, 3.05) is 0 Å². The first-order valence-corrected chi connectivity index (χ1v) is 18.5. The second-order valence-corrected chi connectivity index (χ2v) is 13.9. The van der Waals surface area contributed by atoms with E-state index in [-0.39, 0.29) is 0 Å². The summed E-state index contributed by atoms with van der Waals surface area (Å²) in [6, 6.07) is 72.7. The van der Waals surface area contributed by atoms with Crippen molar-refractivity contribution < 1.29 is 0 Å². The molecule has 1 heteroatoms.